The van der Waals surface area contributed by atoms with Crippen LogP contribution in [0.4, 0.5) is 0 Å². The molecule has 1 aromatic rings. The molecule has 0 saturated heterocycles. The van der Waals surface area contributed by atoms with E-state index in [-0.39, 0.29) is 5.91 Å². The summed E-state index contributed by atoms with van der Waals surface area (Å²) in [5.74, 6) is -2.09. The van der Waals surface area contributed by atoms with E-state index in [1.54, 1.807) is 6.92 Å². The Morgan fingerprint density at radius 2 is 2.22 bits per heavy atom. The van der Waals surface area contributed by atoms with Gasteiger partial charge in [0.2, 0.25) is 5.91 Å². The summed E-state index contributed by atoms with van der Waals surface area (Å²) in [6.07, 6.45) is 0. The van der Waals surface area contributed by atoms with Gasteiger partial charge in [-0.3, -0.25) is 4.79 Å². The van der Waals surface area contributed by atoms with Crippen molar-refractivity contribution in [1.82, 2.24) is 5.43 Å². The summed E-state index contributed by atoms with van der Waals surface area (Å²) < 4.78 is 0. The highest BCUT2D eigenvalue weighted by Gasteiger charge is 2.41. The average Bonchev–Trinajstić information content (AvgIpc) is 2.99. The third-order valence-electron chi connectivity index (χ3n) is 2.94. The van der Waals surface area contributed by atoms with E-state index in [1.165, 1.54) is 11.3 Å². The van der Waals surface area contributed by atoms with Gasteiger partial charge in [0.05, 0.1) is 18.1 Å². The van der Waals surface area contributed by atoms with Crippen LogP contribution in [0.1, 0.15) is 17.7 Å². The number of nitriles is 2. The second kappa shape index (κ2) is 4.99. The lowest BCUT2D eigenvalue weighted by molar-refractivity contribution is -0.122. The van der Waals surface area contributed by atoms with E-state index in [9.17, 15) is 4.79 Å². The SMILES string of the molecule is CC1=NNC(=O)C1C(c1cccs1)C(C#N)C#N. The molecule has 6 heteroatoms. The van der Waals surface area contributed by atoms with Crippen molar-refractivity contribution in [3.8, 4) is 12.1 Å². The number of thiophene rings is 1. The van der Waals surface area contributed by atoms with E-state index < -0.39 is 17.8 Å². The minimum Gasteiger partial charge on any atom is -0.272 e. The fourth-order valence-corrected chi connectivity index (χ4v) is 2.99. The lowest BCUT2D eigenvalue weighted by Gasteiger charge is -2.21. The molecule has 1 N–H and O–H groups in total. The maximum Gasteiger partial charge on any atom is 0.249 e. The van der Waals surface area contributed by atoms with Crippen molar-refractivity contribution in [3.63, 3.8) is 0 Å². The predicted octanol–water partition coefficient (Wildman–Crippen LogP) is 1.62. The van der Waals surface area contributed by atoms with Gasteiger partial charge >= 0.3 is 0 Å². The summed E-state index contributed by atoms with van der Waals surface area (Å²) in [6, 6.07) is 7.63. The van der Waals surface area contributed by atoms with Gasteiger partial charge in [-0.2, -0.15) is 15.6 Å². The Bertz CT molecular complexity index is 550. The molecule has 0 bridgehead atoms. The molecule has 1 aliphatic rings. The molecule has 2 unspecified atom stereocenters. The minimum atomic E-state index is -0.859. The van der Waals surface area contributed by atoms with Crippen molar-refractivity contribution in [1.29, 1.82) is 10.5 Å². The Hall–Kier alpha value is -2.18. The van der Waals surface area contributed by atoms with Crippen LogP contribution in [0.5, 0.6) is 0 Å². The number of hydrogen-bond donors (Lipinski definition) is 1. The molecule has 0 spiro atoms. The number of carbonyl (C=O) groups excluding carboxylic acids is 1. The molecule has 2 rings (SSSR count). The minimum absolute atomic E-state index is 0.249. The van der Waals surface area contributed by atoms with Crippen LogP contribution in [0.3, 0.4) is 0 Å². The molecule has 90 valence electrons. The summed E-state index contributed by atoms with van der Waals surface area (Å²) in [5.41, 5.74) is 3.02. The molecule has 0 saturated carbocycles. The predicted molar refractivity (Wildman–Crippen MR) is 66.5 cm³/mol. The molecule has 2 atom stereocenters. The molecule has 0 radical (unpaired) electrons. The Morgan fingerprint density at radius 3 is 2.67 bits per heavy atom. The van der Waals surface area contributed by atoms with Crippen LogP contribution in [0, 0.1) is 34.5 Å². The van der Waals surface area contributed by atoms with E-state index in [2.05, 4.69) is 10.5 Å². The first-order chi connectivity index (χ1) is 8.69. The lowest BCUT2D eigenvalue weighted by atomic mass is 9.79. The van der Waals surface area contributed by atoms with E-state index in [1.807, 2.05) is 29.7 Å². The highest BCUT2D eigenvalue weighted by molar-refractivity contribution is 7.10. The molecular weight excluding hydrogens is 248 g/mol. The molecular formula is C12H10N4OS. The van der Waals surface area contributed by atoms with Crippen LogP contribution in [0.2, 0.25) is 0 Å². The first-order valence-corrected chi connectivity index (χ1v) is 6.23. The smallest absolute Gasteiger partial charge is 0.249 e. The number of hydrazone groups is 1. The number of nitrogens with zero attached hydrogens (tertiary/aromatic N) is 3. The van der Waals surface area contributed by atoms with Gasteiger partial charge in [-0.25, -0.2) is 5.43 Å². The molecule has 18 heavy (non-hydrogen) atoms. The molecule has 0 aromatic carbocycles. The van der Waals surface area contributed by atoms with Crippen molar-refractivity contribution < 1.29 is 4.79 Å². The Kier molecular flexibility index (Phi) is 3.40. The molecule has 5 nitrogen and oxygen atoms in total. The normalized spacial score (nSPS) is 19.9. The second-order valence-corrected chi connectivity index (χ2v) is 4.96. The maximum atomic E-state index is 11.8. The van der Waals surface area contributed by atoms with E-state index in [4.69, 9.17) is 10.5 Å². The lowest BCUT2D eigenvalue weighted by Crippen LogP contribution is -2.31. The van der Waals surface area contributed by atoms with Gasteiger partial charge in [0.25, 0.3) is 0 Å². The van der Waals surface area contributed by atoms with Gasteiger partial charge < -0.3 is 0 Å². The van der Waals surface area contributed by atoms with Crippen LogP contribution >= 0.6 is 11.3 Å². The van der Waals surface area contributed by atoms with Crippen LogP contribution in [-0.2, 0) is 4.79 Å². The van der Waals surface area contributed by atoms with Crippen LogP contribution in [-0.4, -0.2) is 11.6 Å². The summed E-state index contributed by atoms with van der Waals surface area (Å²) >= 11 is 1.44. The van der Waals surface area contributed by atoms with E-state index in [0.29, 0.717) is 5.71 Å². The van der Waals surface area contributed by atoms with Crippen molar-refractivity contribution in [2.45, 2.75) is 12.8 Å². The summed E-state index contributed by atoms with van der Waals surface area (Å²) in [7, 11) is 0. The molecule has 1 aromatic heterocycles. The fraction of sp³-hybridized carbons (Fsp3) is 0.333. The Morgan fingerprint density at radius 1 is 1.50 bits per heavy atom. The van der Waals surface area contributed by atoms with E-state index in [0.717, 1.165) is 4.88 Å². The van der Waals surface area contributed by atoms with E-state index >= 15 is 0 Å². The van der Waals surface area contributed by atoms with Gasteiger partial charge in [-0.05, 0) is 18.4 Å². The number of rotatable bonds is 3. The van der Waals surface area contributed by atoms with Gasteiger partial charge in [-0.1, -0.05) is 6.07 Å². The largest absolute Gasteiger partial charge is 0.272 e. The van der Waals surface area contributed by atoms with Gasteiger partial charge in [-0.15, -0.1) is 11.3 Å². The number of hydrogen-bond acceptors (Lipinski definition) is 5. The molecule has 0 aliphatic carbocycles. The van der Waals surface area contributed by atoms with Crippen molar-refractivity contribution in [3.05, 3.63) is 22.4 Å². The van der Waals surface area contributed by atoms with Crippen molar-refractivity contribution >= 4 is 23.0 Å². The molecule has 0 fully saturated rings. The third kappa shape index (κ3) is 1.99. The standard InChI is InChI=1S/C12H10N4OS/c1-7-10(12(17)16-15-7)11(8(5-13)6-14)9-3-2-4-18-9/h2-4,8,10-11H,1H3,(H,16,17). The Labute approximate surface area is 108 Å². The third-order valence-corrected chi connectivity index (χ3v) is 3.92. The van der Waals surface area contributed by atoms with Crippen LogP contribution < -0.4 is 5.43 Å². The first kappa shape index (κ1) is 12.3. The zero-order valence-electron chi connectivity index (χ0n) is 9.62. The summed E-state index contributed by atoms with van der Waals surface area (Å²) in [6.45, 7) is 1.73. The average molecular weight is 258 g/mol. The van der Waals surface area contributed by atoms with Gasteiger partial charge in [0, 0.05) is 16.5 Å². The van der Waals surface area contributed by atoms with Crippen LogP contribution in [0.25, 0.3) is 0 Å². The number of carbonyl (C=O) groups is 1. The molecule has 2 heterocycles. The zero-order chi connectivity index (χ0) is 13.1. The quantitative estimate of drug-likeness (QED) is 0.893. The fourth-order valence-electron chi connectivity index (χ4n) is 2.09. The topological polar surface area (TPSA) is 89.0 Å². The summed E-state index contributed by atoms with van der Waals surface area (Å²) in [5, 5.41) is 23.9. The zero-order valence-corrected chi connectivity index (χ0v) is 10.4. The number of nitrogens with one attached hydrogen (secondary N) is 1. The van der Waals surface area contributed by atoms with Crippen LogP contribution in [0.15, 0.2) is 22.6 Å². The van der Waals surface area contributed by atoms with Gasteiger partial charge in [0.1, 0.15) is 5.92 Å². The first-order valence-electron chi connectivity index (χ1n) is 5.35. The van der Waals surface area contributed by atoms with Crippen molar-refractivity contribution in [2.75, 3.05) is 0 Å². The second-order valence-electron chi connectivity index (χ2n) is 3.98. The molecule has 1 amide bonds. The van der Waals surface area contributed by atoms with Gasteiger partial charge in [0.15, 0.2) is 0 Å². The number of amides is 1. The maximum absolute atomic E-state index is 11.8. The highest BCUT2D eigenvalue weighted by atomic mass is 32.1. The Balaban J connectivity index is 2.44. The summed E-state index contributed by atoms with van der Waals surface area (Å²) in [4.78, 5) is 12.7. The molecule has 1 aliphatic heterocycles. The monoisotopic (exact) mass is 258 g/mol. The van der Waals surface area contributed by atoms with Crippen molar-refractivity contribution in [2.24, 2.45) is 16.9 Å². The highest BCUT2D eigenvalue weighted by Crippen LogP contribution is 2.37.